The average molecular weight is 224 g/mol. The van der Waals surface area contributed by atoms with Crippen LogP contribution in [0.1, 0.15) is 59.3 Å². The largest absolute Gasteiger partial charge is 0.314 e. The Labute approximate surface area is 101 Å². The van der Waals surface area contributed by atoms with Gasteiger partial charge in [-0.15, -0.1) is 0 Å². The molecular formula is C14H28N2. The van der Waals surface area contributed by atoms with Crippen LogP contribution in [0.5, 0.6) is 0 Å². The quantitative estimate of drug-likeness (QED) is 0.698. The molecule has 0 aromatic rings. The summed E-state index contributed by atoms with van der Waals surface area (Å²) in [5.74, 6) is 0. The fourth-order valence-corrected chi connectivity index (χ4v) is 3.09. The van der Waals surface area contributed by atoms with E-state index in [2.05, 4.69) is 31.0 Å². The first-order chi connectivity index (χ1) is 7.59. The van der Waals surface area contributed by atoms with Crippen LogP contribution >= 0.6 is 0 Å². The fraction of sp³-hybridized carbons (Fsp3) is 1.00. The molecule has 1 aliphatic carbocycles. The van der Waals surface area contributed by atoms with E-state index in [1.807, 2.05) is 0 Å². The Bertz CT molecular complexity index is 221. The van der Waals surface area contributed by atoms with Crippen molar-refractivity contribution in [2.45, 2.75) is 76.9 Å². The van der Waals surface area contributed by atoms with E-state index in [-0.39, 0.29) is 0 Å². The predicted molar refractivity (Wildman–Crippen MR) is 69.7 cm³/mol. The summed E-state index contributed by atoms with van der Waals surface area (Å²) in [5.41, 5.74) is 0.448. The molecule has 1 atom stereocenters. The van der Waals surface area contributed by atoms with Gasteiger partial charge in [-0.05, 0) is 72.4 Å². The number of nitrogens with zero attached hydrogens (tertiary/aromatic N) is 1. The summed E-state index contributed by atoms with van der Waals surface area (Å²) in [6, 6.07) is 1.64. The van der Waals surface area contributed by atoms with Gasteiger partial charge in [-0.1, -0.05) is 0 Å². The van der Waals surface area contributed by atoms with Crippen molar-refractivity contribution in [2.24, 2.45) is 0 Å². The summed E-state index contributed by atoms with van der Waals surface area (Å²) in [4.78, 5) is 2.71. The smallest absolute Gasteiger partial charge is 0.0156 e. The number of nitrogens with one attached hydrogen (secondary N) is 1. The van der Waals surface area contributed by atoms with Gasteiger partial charge in [-0.3, -0.25) is 4.90 Å². The summed E-state index contributed by atoms with van der Waals surface area (Å²) in [5, 5.41) is 3.60. The molecule has 0 spiro atoms. The standard InChI is InChI=1S/C14H28N2/c1-12(6-4-10-15-13-7-8-13)16-11-5-9-14(16,2)3/h12-13,15H,4-11H2,1-3H3. The van der Waals surface area contributed by atoms with Crippen LogP contribution in [0.25, 0.3) is 0 Å². The molecule has 2 rings (SSSR count). The summed E-state index contributed by atoms with van der Waals surface area (Å²) in [6.07, 6.45) is 8.27. The van der Waals surface area contributed by atoms with Crippen molar-refractivity contribution >= 4 is 0 Å². The first kappa shape index (κ1) is 12.4. The second kappa shape index (κ2) is 5.05. The van der Waals surface area contributed by atoms with Gasteiger partial charge in [0.05, 0.1) is 0 Å². The molecule has 2 heteroatoms. The van der Waals surface area contributed by atoms with Crippen LogP contribution in [-0.2, 0) is 0 Å². The zero-order valence-corrected chi connectivity index (χ0v) is 11.3. The van der Waals surface area contributed by atoms with E-state index in [0.717, 1.165) is 12.1 Å². The van der Waals surface area contributed by atoms with Crippen LogP contribution in [0.2, 0.25) is 0 Å². The molecule has 1 N–H and O–H groups in total. The Balaban J connectivity index is 1.64. The first-order valence-electron chi connectivity index (χ1n) is 7.10. The number of rotatable bonds is 6. The van der Waals surface area contributed by atoms with Crippen LogP contribution in [0, 0.1) is 0 Å². The maximum Gasteiger partial charge on any atom is 0.0156 e. The van der Waals surface area contributed by atoms with Crippen molar-refractivity contribution < 1.29 is 0 Å². The van der Waals surface area contributed by atoms with Crippen molar-refractivity contribution in [3.05, 3.63) is 0 Å². The Kier molecular flexibility index (Phi) is 3.91. The molecule has 2 aliphatic rings. The van der Waals surface area contributed by atoms with Crippen LogP contribution in [-0.4, -0.2) is 35.6 Å². The van der Waals surface area contributed by atoms with Gasteiger partial charge in [-0.2, -0.15) is 0 Å². The monoisotopic (exact) mass is 224 g/mol. The van der Waals surface area contributed by atoms with E-state index in [1.54, 1.807) is 0 Å². The van der Waals surface area contributed by atoms with Gasteiger partial charge in [0, 0.05) is 17.6 Å². The molecule has 0 amide bonds. The van der Waals surface area contributed by atoms with Crippen molar-refractivity contribution in [3.63, 3.8) is 0 Å². The number of hydrogen-bond acceptors (Lipinski definition) is 2. The highest BCUT2D eigenvalue weighted by molar-refractivity contribution is 4.90. The lowest BCUT2D eigenvalue weighted by atomic mass is 9.99. The number of likely N-dealkylation sites (tertiary alicyclic amines) is 1. The first-order valence-corrected chi connectivity index (χ1v) is 7.10. The molecule has 0 aromatic carbocycles. The minimum Gasteiger partial charge on any atom is -0.314 e. The van der Waals surface area contributed by atoms with Gasteiger partial charge in [0.1, 0.15) is 0 Å². The Hall–Kier alpha value is -0.0800. The maximum absolute atomic E-state index is 3.60. The third-order valence-electron chi connectivity index (χ3n) is 4.31. The van der Waals surface area contributed by atoms with Gasteiger partial charge < -0.3 is 5.32 Å². The lowest BCUT2D eigenvalue weighted by molar-refractivity contribution is 0.118. The topological polar surface area (TPSA) is 15.3 Å². The molecule has 1 saturated heterocycles. The van der Waals surface area contributed by atoms with Gasteiger partial charge in [0.25, 0.3) is 0 Å². The second-order valence-corrected chi connectivity index (χ2v) is 6.33. The molecule has 1 saturated carbocycles. The molecule has 1 heterocycles. The van der Waals surface area contributed by atoms with E-state index in [1.165, 1.54) is 51.6 Å². The van der Waals surface area contributed by atoms with Gasteiger partial charge in [-0.25, -0.2) is 0 Å². The molecule has 16 heavy (non-hydrogen) atoms. The van der Waals surface area contributed by atoms with Crippen molar-refractivity contribution in [3.8, 4) is 0 Å². The van der Waals surface area contributed by atoms with Crippen molar-refractivity contribution in [1.29, 1.82) is 0 Å². The van der Waals surface area contributed by atoms with Gasteiger partial charge >= 0.3 is 0 Å². The fourth-order valence-electron chi connectivity index (χ4n) is 3.09. The van der Waals surface area contributed by atoms with Crippen LogP contribution < -0.4 is 5.32 Å². The molecule has 0 aromatic heterocycles. The highest BCUT2D eigenvalue weighted by Crippen LogP contribution is 2.31. The van der Waals surface area contributed by atoms with E-state index in [4.69, 9.17) is 0 Å². The Morgan fingerprint density at radius 1 is 1.38 bits per heavy atom. The molecule has 0 radical (unpaired) electrons. The Morgan fingerprint density at radius 3 is 2.69 bits per heavy atom. The highest BCUT2D eigenvalue weighted by Gasteiger charge is 2.34. The van der Waals surface area contributed by atoms with Crippen molar-refractivity contribution in [1.82, 2.24) is 10.2 Å². The minimum atomic E-state index is 0.448. The summed E-state index contributed by atoms with van der Waals surface area (Å²) in [6.45, 7) is 9.75. The average Bonchev–Trinajstić information content (AvgIpc) is 2.96. The molecule has 94 valence electrons. The lowest BCUT2D eigenvalue weighted by Crippen LogP contribution is -2.44. The van der Waals surface area contributed by atoms with Crippen LogP contribution in [0.4, 0.5) is 0 Å². The summed E-state index contributed by atoms with van der Waals surface area (Å²) >= 11 is 0. The zero-order chi connectivity index (χ0) is 11.6. The zero-order valence-electron chi connectivity index (χ0n) is 11.3. The molecule has 1 unspecified atom stereocenters. The van der Waals surface area contributed by atoms with E-state index < -0.39 is 0 Å². The number of hydrogen-bond donors (Lipinski definition) is 1. The molecule has 2 fully saturated rings. The minimum absolute atomic E-state index is 0.448. The normalized spacial score (nSPS) is 27.2. The lowest BCUT2D eigenvalue weighted by Gasteiger charge is -2.36. The third kappa shape index (κ3) is 3.21. The maximum atomic E-state index is 3.60. The summed E-state index contributed by atoms with van der Waals surface area (Å²) in [7, 11) is 0. The van der Waals surface area contributed by atoms with Gasteiger partial charge in [0.15, 0.2) is 0 Å². The summed E-state index contributed by atoms with van der Waals surface area (Å²) < 4.78 is 0. The second-order valence-electron chi connectivity index (χ2n) is 6.33. The molecule has 2 nitrogen and oxygen atoms in total. The van der Waals surface area contributed by atoms with Crippen molar-refractivity contribution in [2.75, 3.05) is 13.1 Å². The SMILES string of the molecule is CC(CCCNC1CC1)N1CCCC1(C)C. The third-order valence-corrected chi connectivity index (χ3v) is 4.31. The van der Waals surface area contributed by atoms with Gasteiger partial charge in [0.2, 0.25) is 0 Å². The van der Waals surface area contributed by atoms with Crippen LogP contribution in [0.15, 0.2) is 0 Å². The van der Waals surface area contributed by atoms with E-state index in [0.29, 0.717) is 5.54 Å². The van der Waals surface area contributed by atoms with E-state index >= 15 is 0 Å². The predicted octanol–water partition coefficient (Wildman–Crippen LogP) is 2.78. The Morgan fingerprint density at radius 2 is 2.12 bits per heavy atom. The molecule has 0 bridgehead atoms. The highest BCUT2D eigenvalue weighted by atomic mass is 15.2. The molecule has 1 aliphatic heterocycles. The van der Waals surface area contributed by atoms with E-state index in [9.17, 15) is 0 Å². The van der Waals surface area contributed by atoms with Crippen LogP contribution in [0.3, 0.4) is 0 Å². The molecular weight excluding hydrogens is 196 g/mol.